The van der Waals surface area contributed by atoms with Gasteiger partial charge in [-0.15, -0.1) is 0 Å². The zero-order valence-corrected chi connectivity index (χ0v) is 45.2. The van der Waals surface area contributed by atoms with Crippen molar-refractivity contribution in [1.82, 2.24) is 0 Å². The molecule has 1 rings (SSSR count). The van der Waals surface area contributed by atoms with E-state index >= 15 is 0 Å². The predicted octanol–water partition coefficient (Wildman–Crippen LogP) is 13.5. The summed E-state index contributed by atoms with van der Waals surface area (Å²) >= 11 is 0. The van der Waals surface area contributed by atoms with Crippen LogP contribution in [-0.4, -0.2) is 98.9 Å². The minimum absolute atomic E-state index is 0.0803. The average Bonchev–Trinajstić information content (AvgIpc) is 3.35. The molecule has 0 aliphatic heterocycles. The third-order valence-electron chi connectivity index (χ3n) is 13.2. The summed E-state index contributed by atoms with van der Waals surface area (Å²) in [6.07, 6.45) is 47.4. The molecule has 0 heterocycles. The molecule has 12 nitrogen and oxygen atoms in total. The second-order valence-electron chi connectivity index (χ2n) is 19.8. The highest BCUT2D eigenvalue weighted by Gasteiger charge is 2.51. The van der Waals surface area contributed by atoms with Gasteiger partial charge in [0.15, 0.2) is 0 Å². The lowest BCUT2D eigenvalue weighted by Gasteiger charge is -2.41. The molecule has 1 aliphatic rings. The number of aliphatic hydroxyl groups is 5. The maximum Gasteiger partial charge on any atom is 0.472 e. The summed E-state index contributed by atoms with van der Waals surface area (Å²) in [6.45, 7) is 4.27. The Morgan fingerprint density at radius 3 is 1.23 bits per heavy atom. The Balaban J connectivity index is 2.30. The number of phosphoric ester groups is 1. The standard InChI is InChI=1S/C57H105O12P/c1-3-5-7-9-11-13-15-17-19-21-23-25-26-27-28-30-32-34-36-38-40-42-44-46-51(58)68-50(49-67-70(64,65)69-57-55(62)53(60)52(59)54(61)56(57)63)48-66-47-45-43-41-39-37-35-33-31-29-24-22-20-18-16-14-12-10-8-6-4-2/h15,17-18,20-21,23,26-27,50,52-57,59-63H,3-14,16,19,22,24-25,28-49H2,1-2H3,(H,64,65)/b17-15-,20-18-,23-21-,27-26-. The molecule has 70 heavy (non-hydrogen) atoms. The van der Waals surface area contributed by atoms with Crippen molar-refractivity contribution >= 4 is 13.8 Å². The molecule has 1 saturated carbocycles. The topological polar surface area (TPSA) is 192 Å². The monoisotopic (exact) mass is 1010 g/mol. The molecule has 410 valence electrons. The van der Waals surface area contributed by atoms with Crippen LogP contribution in [0.25, 0.3) is 0 Å². The lowest BCUT2D eigenvalue weighted by molar-refractivity contribution is -0.220. The highest BCUT2D eigenvalue weighted by atomic mass is 31.2. The van der Waals surface area contributed by atoms with E-state index in [1.807, 2.05) is 0 Å². The Morgan fingerprint density at radius 2 is 0.800 bits per heavy atom. The molecule has 0 aromatic heterocycles. The van der Waals surface area contributed by atoms with Gasteiger partial charge in [0, 0.05) is 13.0 Å². The van der Waals surface area contributed by atoms with Crippen LogP contribution in [0.4, 0.5) is 0 Å². The summed E-state index contributed by atoms with van der Waals surface area (Å²) in [4.78, 5) is 23.3. The van der Waals surface area contributed by atoms with E-state index in [1.165, 1.54) is 154 Å². The first-order chi connectivity index (χ1) is 34.0. The fourth-order valence-corrected chi connectivity index (χ4v) is 9.63. The zero-order chi connectivity index (χ0) is 51.2. The third-order valence-corrected chi connectivity index (χ3v) is 14.2. The first-order valence-corrected chi connectivity index (χ1v) is 30.0. The number of rotatable bonds is 49. The van der Waals surface area contributed by atoms with E-state index < -0.39 is 63.1 Å². The lowest BCUT2D eigenvalue weighted by atomic mass is 9.85. The molecule has 0 spiro atoms. The highest BCUT2D eigenvalue weighted by molar-refractivity contribution is 7.47. The van der Waals surface area contributed by atoms with Crippen LogP contribution in [0.3, 0.4) is 0 Å². The SMILES string of the molecule is CCCCCCC/C=C\C/C=C\C/C=C\CCCCCCCCCCC(=O)OC(COCCCCCCCCCCCC/C=C\CCCCCCCC)COP(=O)(O)OC1C(O)C(O)C(O)C(O)C1O. The van der Waals surface area contributed by atoms with Gasteiger partial charge in [-0.1, -0.05) is 210 Å². The molecule has 6 atom stereocenters. The van der Waals surface area contributed by atoms with Crippen LogP contribution >= 0.6 is 7.82 Å². The summed E-state index contributed by atoms with van der Waals surface area (Å²) in [7, 11) is -5.03. The Morgan fingerprint density at radius 1 is 0.457 bits per heavy atom. The van der Waals surface area contributed by atoms with Gasteiger partial charge >= 0.3 is 13.8 Å². The molecule has 0 aromatic rings. The van der Waals surface area contributed by atoms with Crippen molar-refractivity contribution in [2.24, 2.45) is 0 Å². The van der Waals surface area contributed by atoms with Gasteiger partial charge in [0.25, 0.3) is 0 Å². The Kier molecular flexibility index (Phi) is 44.6. The summed E-state index contributed by atoms with van der Waals surface area (Å²) in [5, 5.41) is 50.4. The van der Waals surface area contributed by atoms with Gasteiger partial charge in [-0.2, -0.15) is 0 Å². The second kappa shape index (κ2) is 47.0. The summed E-state index contributed by atoms with van der Waals surface area (Å²) in [6, 6.07) is 0. The molecule has 1 aliphatic carbocycles. The van der Waals surface area contributed by atoms with Gasteiger partial charge in [0.2, 0.25) is 0 Å². The quantitative estimate of drug-likeness (QED) is 0.0146. The molecule has 0 aromatic carbocycles. The van der Waals surface area contributed by atoms with Crippen molar-refractivity contribution in [3.63, 3.8) is 0 Å². The minimum Gasteiger partial charge on any atom is -0.457 e. The molecule has 0 bridgehead atoms. The molecule has 6 N–H and O–H groups in total. The van der Waals surface area contributed by atoms with Crippen LogP contribution < -0.4 is 0 Å². The Labute approximate surface area is 426 Å². The van der Waals surface area contributed by atoms with Gasteiger partial charge < -0.3 is 39.9 Å². The Hall–Kier alpha value is -1.70. The van der Waals surface area contributed by atoms with Crippen LogP contribution in [0.15, 0.2) is 48.6 Å². The van der Waals surface area contributed by atoms with E-state index in [1.54, 1.807) is 0 Å². The highest BCUT2D eigenvalue weighted by Crippen LogP contribution is 2.47. The number of hydrogen-bond acceptors (Lipinski definition) is 11. The summed E-state index contributed by atoms with van der Waals surface area (Å²) < 4.78 is 34.4. The lowest BCUT2D eigenvalue weighted by Crippen LogP contribution is -2.64. The van der Waals surface area contributed by atoms with Crippen LogP contribution in [0.2, 0.25) is 0 Å². The van der Waals surface area contributed by atoms with E-state index in [4.69, 9.17) is 18.5 Å². The molecular weight excluding hydrogens is 908 g/mol. The van der Waals surface area contributed by atoms with E-state index in [0.29, 0.717) is 13.0 Å². The number of carbonyl (C=O) groups is 1. The fourth-order valence-electron chi connectivity index (χ4n) is 8.65. The van der Waals surface area contributed by atoms with Gasteiger partial charge in [-0.3, -0.25) is 13.8 Å². The van der Waals surface area contributed by atoms with Crippen LogP contribution in [-0.2, 0) is 27.9 Å². The van der Waals surface area contributed by atoms with Gasteiger partial charge in [0.1, 0.15) is 42.7 Å². The first-order valence-electron chi connectivity index (χ1n) is 28.5. The minimum atomic E-state index is -5.03. The van der Waals surface area contributed by atoms with E-state index in [2.05, 4.69) is 62.5 Å². The first kappa shape index (κ1) is 66.3. The molecular formula is C57H105O12P. The smallest absolute Gasteiger partial charge is 0.457 e. The van der Waals surface area contributed by atoms with Crippen molar-refractivity contribution < 1.29 is 58.3 Å². The molecule has 6 unspecified atom stereocenters. The van der Waals surface area contributed by atoms with Crippen molar-refractivity contribution in [2.75, 3.05) is 19.8 Å². The number of phosphoric acid groups is 1. The fraction of sp³-hybridized carbons (Fsp3) is 0.842. The van der Waals surface area contributed by atoms with Gasteiger partial charge in [-0.25, -0.2) is 4.57 Å². The maximum absolute atomic E-state index is 12.9. The summed E-state index contributed by atoms with van der Waals surface area (Å²) in [5.41, 5.74) is 0. The van der Waals surface area contributed by atoms with Crippen LogP contribution in [0, 0.1) is 0 Å². The Bertz CT molecular complexity index is 1340. The zero-order valence-electron chi connectivity index (χ0n) is 44.3. The number of esters is 1. The van der Waals surface area contributed by atoms with E-state index in [0.717, 1.165) is 64.2 Å². The number of hydrogen-bond donors (Lipinski definition) is 6. The molecule has 1 fully saturated rings. The number of unbranched alkanes of at least 4 members (excludes halogenated alkanes) is 29. The third kappa shape index (κ3) is 38.0. The van der Waals surface area contributed by atoms with Crippen molar-refractivity contribution in [2.45, 2.75) is 288 Å². The van der Waals surface area contributed by atoms with Crippen molar-refractivity contribution in [1.29, 1.82) is 0 Å². The second-order valence-corrected chi connectivity index (χ2v) is 21.2. The predicted molar refractivity (Wildman–Crippen MR) is 286 cm³/mol. The van der Waals surface area contributed by atoms with Gasteiger partial charge in [0.05, 0.1) is 13.2 Å². The number of carbonyl (C=O) groups excluding carboxylic acids is 1. The normalized spacial score (nSPS) is 21.2. The van der Waals surface area contributed by atoms with Gasteiger partial charge in [-0.05, 0) is 77.0 Å². The molecule has 13 heteroatoms. The average molecular weight is 1010 g/mol. The molecule has 0 saturated heterocycles. The molecule has 0 radical (unpaired) electrons. The largest absolute Gasteiger partial charge is 0.472 e. The molecule has 0 amide bonds. The van der Waals surface area contributed by atoms with Crippen molar-refractivity contribution in [3.8, 4) is 0 Å². The van der Waals surface area contributed by atoms with Crippen LogP contribution in [0.5, 0.6) is 0 Å². The maximum atomic E-state index is 12.9. The number of aliphatic hydroxyl groups excluding tert-OH is 5. The summed E-state index contributed by atoms with van der Waals surface area (Å²) in [5.74, 6) is -0.483. The van der Waals surface area contributed by atoms with Crippen molar-refractivity contribution in [3.05, 3.63) is 48.6 Å². The van der Waals surface area contributed by atoms with E-state index in [9.17, 15) is 39.8 Å². The van der Waals surface area contributed by atoms with E-state index in [-0.39, 0.29) is 13.0 Å². The number of allylic oxidation sites excluding steroid dienone is 8. The number of ether oxygens (including phenoxy) is 2. The van der Waals surface area contributed by atoms with Crippen LogP contribution in [0.1, 0.15) is 245 Å².